The lowest BCUT2D eigenvalue weighted by atomic mass is 10.1. The summed E-state index contributed by atoms with van der Waals surface area (Å²) in [5, 5.41) is 11.3. The van der Waals surface area contributed by atoms with Gasteiger partial charge in [-0.2, -0.15) is 0 Å². The van der Waals surface area contributed by atoms with Gasteiger partial charge in [-0.25, -0.2) is 10.5 Å². The van der Waals surface area contributed by atoms with Crippen LogP contribution in [0.15, 0.2) is 35.7 Å². The number of thiazole rings is 1. The Morgan fingerprint density at radius 1 is 1.40 bits per heavy atom. The summed E-state index contributed by atoms with van der Waals surface area (Å²) in [7, 11) is 0. The Balaban J connectivity index is 2.05. The smallest absolute Gasteiger partial charge is 0.243 e. The van der Waals surface area contributed by atoms with Crippen LogP contribution in [0, 0.1) is 0 Å². The van der Waals surface area contributed by atoms with Crippen molar-refractivity contribution in [3.05, 3.63) is 52.0 Å². The first-order valence-corrected chi connectivity index (χ1v) is 7.18. The van der Waals surface area contributed by atoms with Crippen LogP contribution < -0.4 is 5.48 Å². The zero-order chi connectivity index (χ0) is 14.4. The molecule has 1 amide bonds. The molecular formula is C15H16N2O2S. The molecule has 2 rings (SSSR count). The van der Waals surface area contributed by atoms with Crippen LogP contribution in [0.2, 0.25) is 0 Å². The third kappa shape index (κ3) is 4.01. The summed E-state index contributed by atoms with van der Waals surface area (Å²) in [5.74, 6) is -0.393. The third-order valence-corrected chi connectivity index (χ3v) is 3.83. The van der Waals surface area contributed by atoms with Crippen LogP contribution >= 0.6 is 11.3 Å². The molecule has 0 fully saturated rings. The van der Waals surface area contributed by atoms with E-state index in [0.717, 1.165) is 21.8 Å². The van der Waals surface area contributed by atoms with E-state index in [4.69, 9.17) is 5.21 Å². The molecule has 2 N–H and O–H groups in total. The van der Waals surface area contributed by atoms with Crippen LogP contribution in [-0.2, 0) is 11.2 Å². The molecule has 0 spiro atoms. The van der Waals surface area contributed by atoms with Gasteiger partial charge in [-0.1, -0.05) is 30.3 Å². The molecule has 0 radical (unpaired) electrons. The Morgan fingerprint density at radius 3 is 2.85 bits per heavy atom. The highest BCUT2D eigenvalue weighted by atomic mass is 32.1. The van der Waals surface area contributed by atoms with Crippen LogP contribution in [0.5, 0.6) is 0 Å². The predicted molar refractivity (Wildman–Crippen MR) is 80.4 cm³/mol. The second-order valence-corrected chi connectivity index (χ2v) is 5.28. The summed E-state index contributed by atoms with van der Waals surface area (Å²) >= 11 is 1.56. The number of rotatable bonds is 5. The molecule has 5 heteroatoms. The number of hydrogen-bond acceptors (Lipinski definition) is 4. The zero-order valence-electron chi connectivity index (χ0n) is 11.2. The summed E-state index contributed by atoms with van der Waals surface area (Å²) in [4.78, 5) is 15.5. The van der Waals surface area contributed by atoms with E-state index >= 15 is 0 Å². The summed E-state index contributed by atoms with van der Waals surface area (Å²) < 4.78 is 0. The molecule has 0 aliphatic rings. The lowest BCUT2D eigenvalue weighted by Crippen LogP contribution is -2.18. The maximum atomic E-state index is 11.0. The van der Waals surface area contributed by atoms with Gasteiger partial charge in [0.25, 0.3) is 0 Å². The lowest BCUT2D eigenvalue weighted by Gasteiger charge is -1.98. The van der Waals surface area contributed by atoms with Gasteiger partial charge in [0.15, 0.2) is 0 Å². The van der Waals surface area contributed by atoms with E-state index in [1.54, 1.807) is 16.8 Å². The quantitative estimate of drug-likeness (QED) is 0.656. The van der Waals surface area contributed by atoms with Gasteiger partial charge in [0.2, 0.25) is 5.91 Å². The first-order chi connectivity index (χ1) is 9.69. The van der Waals surface area contributed by atoms with Crippen molar-refractivity contribution in [2.45, 2.75) is 19.8 Å². The number of carbonyl (C=O) groups excluding carboxylic acids is 1. The molecule has 0 saturated carbocycles. The molecule has 0 aliphatic heterocycles. The predicted octanol–water partition coefficient (Wildman–Crippen LogP) is 3.14. The highest BCUT2D eigenvalue weighted by Crippen LogP contribution is 2.22. The maximum absolute atomic E-state index is 11.0. The van der Waals surface area contributed by atoms with E-state index in [2.05, 4.69) is 11.1 Å². The molecular weight excluding hydrogens is 272 g/mol. The number of hydrogen-bond donors (Lipinski definition) is 2. The molecule has 0 saturated heterocycles. The maximum Gasteiger partial charge on any atom is 0.243 e. The van der Waals surface area contributed by atoms with E-state index in [1.807, 2.05) is 42.6 Å². The number of nitrogens with one attached hydrogen (secondary N) is 1. The fraction of sp³-hybridized carbons (Fsp3) is 0.200. The Bertz CT molecular complexity index is 605. The van der Waals surface area contributed by atoms with Crippen molar-refractivity contribution in [2.24, 2.45) is 0 Å². The summed E-state index contributed by atoms with van der Waals surface area (Å²) in [6.07, 6.45) is 2.85. The van der Waals surface area contributed by atoms with Gasteiger partial charge in [0.05, 0.1) is 5.69 Å². The van der Waals surface area contributed by atoms with Crippen LogP contribution in [0.1, 0.15) is 29.6 Å². The van der Waals surface area contributed by atoms with Gasteiger partial charge in [-0.05, 0) is 30.6 Å². The fourth-order valence-electron chi connectivity index (χ4n) is 1.76. The molecule has 20 heavy (non-hydrogen) atoms. The number of hydroxylamine groups is 1. The Morgan fingerprint density at radius 2 is 2.15 bits per heavy atom. The molecule has 0 unspecified atom stereocenters. The minimum Gasteiger partial charge on any atom is -0.289 e. The molecule has 0 bridgehead atoms. The van der Waals surface area contributed by atoms with E-state index in [1.165, 1.54) is 0 Å². The number of benzene rings is 1. The SMILES string of the molecule is C/C(=C\c1ccccc1)c1nc(CCC(=O)NO)cs1. The van der Waals surface area contributed by atoms with Crippen LogP contribution in [0.4, 0.5) is 0 Å². The Hall–Kier alpha value is -1.98. The van der Waals surface area contributed by atoms with E-state index in [0.29, 0.717) is 6.42 Å². The van der Waals surface area contributed by atoms with Crippen molar-refractivity contribution in [3.63, 3.8) is 0 Å². The first-order valence-electron chi connectivity index (χ1n) is 6.30. The number of aromatic nitrogens is 1. The van der Waals surface area contributed by atoms with Crippen molar-refractivity contribution in [1.29, 1.82) is 0 Å². The minimum absolute atomic E-state index is 0.237. The highest BCUT2D eigenvalue weighted by molar-refractivity contribution is 7.10. The van der Waals surface area contributed by atoms with Gasteiger partial charge >= 0.3 is 0 Å². The normalized spacial score (nSPS) is 11.4. The molecule has 0 atom stereocenters. The monoisotopic (exact) mass is 288 g/mol. The van der Waals surface area contributed by atoms with Gasteiger partial charge in [0, 0.05) is 11.8 Å². The molecule has 1 aromatic carbocycles. The minimum atomic E-state index is -0.393. The Labute approximate surface area is 121 Å². The first kappa shape index (κ1) is 14.4. The largest absolute Gasteiger partial charge is 0.289 e. The van der Waals surface area contributed by atoms with E-state index in [9.17, 15) is 4.79 Å². The van der Waals surface area contributed by atoms with Crippen LogP contribution in [0.25, 0.3) is 11.6 Å². The number of nitrogens with zero attached hydrogens (tertiary/aromatic N) is 1. The second-order valence-electron chi connectivity index (χ2n) is 4.42. The highest BCUT2D eigenvalue weighted by Gasteiger charge is 2.06. The average molecular weight is 288 g/mol. The van der Waals surface area contributed by atoms with Crippen molar-refractivity contribution < 1.29 is 10.0 Å². The van der Waals surface area contributed by atoms with E-state index in [-0.39, 0.29) is 6.42 Å². The lowest BCUT2D eigenvalue weighted by molar-refractivity contribution is -0.129. The van der Waals surface area contributed by atoms with Crippen LogP contribution in [-0.4, -0.2) is 16.1 Å². The van der Waals surface area contributed by atoms with Crippen molar-refractivity contribution >= 4 is 28.9 Å². The van der Waals surface area contributed by atoms with Gasteiger partial charge in [0.1, 0.15) is 5.01 Å². The van der Waals surface area contributed by atoms with E-state index < -0.39 is 5.91 Å². The molecule has 2 aromatic rings. The topological polar surface area (TPSA) is 62.2 Å². The summed E-state index contributed by atoms with van der Waals surface area (Å²) in [5.41, 5.74) is 4.73. The van der Waals surface area contributed by atoms with Gasteiger partial charge in [-0.3, -0.25) is 10.0 Å². The molecule has 1 heterocycles. The van der Waals surface area contributed by atoms with Crippen molar-refractivity contribution in [1.82, 2.24) is 10.5 Å². The summed E-state index contributed by atoms with van der Waals surface area (Å²) in [6, 6.07) is 10.1. The molecule has 1 aromatic heterocycles. The van der Waals surface area contributed by atoms with Gasteiger partial charge < -0.3 is 0 Å². The molecule has 0 aliphatic carbocycles. The molecule has 104 valence electrons. The van der Waals surface area contributed by atoms with Crippen molar-refractivity contribution in [2.75, 3.05) is 0 Å². The Kier molecular flexibility index (Phi) is 5.03. The van der Waals surface area contributed by atoms with Crippen molar-refractivity contribution in [3.8, 4) is 0 Å². The standard InChI is InChI=1S/C15H16N2O2S/c1-11(9-12-5-3-2-4-6-12)15-16-13(10-20-15)7-8-14(18)17-19/h2-6,9-10,19H,7-8H2,1H3,(H,17,18)/b11-9+. The third-order valence-electron chi connectivity index (χ3n) is 2.80. The summed E-state index contributed by atoms with van der Waals surface area (Å²) in [6.45, 7) is 2.02. The number of allylic oxidation sites excluding steroid dienone is 1. The number of amides is 1. The number of carbonyl (C=O) groups is 1. The molecule has 4 nitrogen and oxygen atoms in total. The zero-order valence-corrected chi connectivity index (χ0v) is 12.0. The fourth-order valence-corrected chi connectivity index (χ4v) is 2.59. The average Bonchev–Trinajstić information content (AvgIpc) is 2.95. The second kappa shape index (κ2) is 6.98. The van der Waals surface area contributed by atoms with Gasteiger partial charge in [-0.15, -0.1) is 11.3 Å². The van der Waals surface area contributed by atoms with Crippen LogP contribution in [0.3, 0.4) is 0 Å². The number of aryl methyl sites for hydroxylation is 1.